The van der Waals surface area contributed by atoms with E-state index < -0.39 is 0 Å². The largest absolute Gasteiger partial charge is 0.367 e. The molecular formula is C21H26FN5O. The number of nitrogens with one attached hydrogen (secondary N) is 1. The van der Waals surface area contributed by atoms with Crippen LogP contribution in [0.1, 0.15) is 48.9 Å². The van der Waals surface area contributed by atoms with E-state index in [1.54, 1.807) is 12.3 Å². The Morgan fingerprint density at radius 2 is 2.14 bits per heavy atom. The minimum atomic E-state index is -0.312. The number of rotatable bonds is 4. The van der Waals surface area contributed by atoms with Crippen molar-refractivity contribution >= 4 is 11.6 Å². The Hall–Kier alpha value is -2.70. The number of hydrogen-bond acceptors (Lipinski definition) is 4. The van der Waals surface area contributed by atoms with Gasteiger partial charge in [0.25, 0.3) is 5.91 Å². The van der Waals surface area contributed by atoms with Crippen molar-refractivity contribution in [1.29, 1.82) is 0 Å². The van der Waals surface area contributed by atoms with Gasteiger partial charge in [-0.3, -0.25) is 9.78 Å². The molecule has 0 radical (unpaired) electrons. The highest BCUT2D eigenvalue weighted by atomic mass is 19.1. The first-order chi connectivity index (χ1) is 13.6. The average Bonchev–Trinajstić information content (AvgIpc) is 3.03. The molecule has 3 heterocycles. The fourth-order valence-electron chi connectivity index (χ4n) is 4.02. The fourth-order valence-corrected chi connectivity index (χ4v) is 4.02. The highest BCUT2D eigenvalue weighted by molar-refractivity contribution is 5.92. The van der Waals surface area contributed by atoms with Gasteiger partial charge >= 0.3 is 0 Å². The molecule has 0 saturated heterocycles. The van der Waals surface area contributed by atoms with Crippen LogP contribution in [0.2, 0.25) is 0 Å². The van der Waals surface area contributed by atoms with Crippen LogP contribution in [-0.4, -0.2) is 39.6 Å². The molecule has 4 rings (SSSR count). The van der Waals surface area contributed by atoms with Crippen molar-refractivity contribution in [2.75, 3.05) is 18.0 Å². The van der Waals surface area contributed by atoms with Crippen LogP contribution in [-0.2, 0) is 13.0 Å². The molecule has 0 aromatic carbocycles. The number of pyridine rings is 1. The summed E-state index contributed by atoms with van der Waals surface area (Å²) >= 11 is 0. The first-order valence-electron chi connectivity index (χ1n) is 10.0. The van der Waals surface area contributed by atoms with Crippen LogP contribution in [0, 0.1) is 5.82 Å². The van der Waals surface area contributed by atoms with Crippen LogP contribution < -0.4 is 10.2 Å². The second-order valence-corrected chi connectivity index (χ2v) is 7.52. The van der Waals surface area contributed by atoms with Gasteiger partial charge in [-0.05, 0) is 38.7 Å². The van der Waals surface area contributed by atoms with Gasteiger partial charge in [-0.25, -0.2) is 9.37 Å². The van der Waals surface area contributed by atoms with Gasteiger partial charge in [-0.2, -0.15) is 0 Å². The zero-order chi connectivity index (χ0) is 19.5. The molecule has 1 aliphatic carbocycles. The summed E-state index contributed by atoms with van der Waals surface area (Å²) in [7, 11) is 0. The van der Waals surface area contributed by atoms with Gasteiger partial charge in [-0.1, -0.05) is 11.6 Å². The van der Waals surface area contributed by atoms with Gasteiger partial charge in [0, 0.05) is 44.5 Å². The predicted molar refractivity (Wildman–Crippen MR) is 106 cm³/mol. The first kappa shape index (κ1) is 18.7. The first-order valence-corrected chi connectivity index (χ1v) is 10.0. The average molecular weight is 383 g/mol. The number of imidazole rings is 1. The van der Waals surface area contributed by atoms with Crippen LogP contribution in [0.25, 0.3) is 0 Å². The Balaban J connectivity index is 1.41. The molecular weight excluding hydrogens is 357 g/mol. The molecule has 28 heavy (non-hydrogen) atoms. The highest BCUT2D eigenvalue weighted by Gasteiger charge is 2.22. The molecule has 0 spiro atoms. The summed E-state index contributed by atoms with van der Waals surface area (Å²) in [6.07, 6.45) is 12.2. The maximum atomic E-state index is 14.0. The molecule has 0 bridgehead atoms. The molecule has 148 valence electrons. The second-order valence-electron chi connectivity index (χ2n) is 7.52. The summed E-state index contributed by atoms with van der Waals surface area (Å²) in [5, 5.41) is 3.08. The lowest BCUT2D eigenvalue weighted by molar-refractivity contribution is 0.0939. The molecule has 1 N–H and O–H groups in total. The lowest BCUT2D eigenvalue weighted by atomic mass is 9.95. The summed E-state index contributed by atoms with van der Waals surface area (Å²) < 4.78 is 16.0. The number of nitrogens with zero attached hydrogens (tertiary/aromatic N) is 4. The van der Waals surface area contributed by atoms with Gasteiger partial charge in [0.1, 0.15) is 11.5 Å². The van der Waals surface area contributed by atoms with E-state index in [0.29, 0.717) is 37.4 Å². The third-order valence-corrected chi connectivity index (χ3v) is 5.63. The quantitative estimate of drug-likeness (QED) is 0.824. The van der Waals surface area contributed by atoms with E-state index >= 15 is 0 Å². The predicted octanol–water partition coefficient (Wildman–Crippen LogP) is 3.10. The van der Waals surface area contributed by atoms with Crippen molar-refractivity contribution in [3.05, 3.63) is 53.6 Å². The summed E-state index contributed by atoms with van der Waals surface area (Å²) in [5.41, 5.74) is 2.34. The Labute approximate surface area is 164 Å². The SMILES string of the molecule is CC(NC(=O)c1cn2c(n1)CCN(c1ccncc1F)CC2)C1=CCCCC1. The van der Waals surface area contributed by atoms with Crippen molar-refractivity contribution in [3.8, 4) is 0 Å². The zero-order valence-electron chi connectivity index (χ0n) is 16.2. The second kappa shape index (κ2) is 8.12. The van der Waals surface area contributed by atoms with Gasteiger partial charge in [-0.15, -0.1) is 0 Å². The molecule has 0 fully saturated rings. The van der Waals surface area contributed by atoms with E-state index in [2.05, 4.69) is 21.4 Å². The standard InChI is InChI=1S/C21H26FN5O/c1-15(16-5-3-2-4-6-16)24-21(28)18-14-27-12-11-26(10-8-20(27)25-18)19-7-9-23-13-17(19)22/h5,7,9,13-15H,2-4,6,8,10-12H2,1H3,(H,24,28). The molecule has 1 unspecified atom stereocenters. The summed E-state index contributed by atoms with van der Waals surface area (Å²) in [6, 6.07) is 1.74. The number of carbonyl (C=O) groups is 1. The maximum absolute atomic E-state index is 14.0. The Morgan fingerprint density at radius 1 is 1.25 bits per heavy atom. The van der Waals surface area contributed by atoms with Crippen molar-refractivity contribution in [2.45, 2.75) is 51.6 Å². The van der Waals surface area contributed by atoms with Crippen molar-refractivity contribution < 1.29 is 9.18 Å². The lowest BCUT2D eigenvalue weighted by Gasteiger charge is -2.22. The van der Waals surface area contributed by atoms with E-state index in [1.165, 1.54) is 24.6 Å². The van der Waals surface area contributed by atoms with E-state index in [0.717, 1.165) is 18.7 Å². The number of carbonyl (C=O) groups excluding carboxylic acids is 1. The summed E-state index contributed by atoms with van der Waals surface area (Å²) in [6.45, 7) is 4.02. The minimum Gasteiger partial charge on any atom is -0.367 e. The third-order valence-electron chi connectivity index (χ3n) is 5.63. The third kappa shape index (κ3) is 3.93. The van der Waals surface area contributed by atoms with Gasteiger partial charge in [0.2, 0.25) is 0 Å². The minimum absolute atomic E-state index is 0.0412. The summed E-state index contributed by atoms with van der Waals surface area (Å²) in [4.78, 5) is 23.0. The molecule has 1 aliphatic heterocycles. The molecule has 2 aliphatic rings. The Morgan fingerprint density at radius 3 is 2.93 bits per heavy atom. The van der Waals surface area contributed by atoms with Crippen molar-refractivity contribution in [2.24, 2.45) is 0 Å². The monoisotopic (exact) mass is 383 g/mol. The van der Waals surface area contributed by atoms with Gasteiger partial charge in [0.05, 0.1) is 11.9 Å². The van der Waals surface area contributed by atoms with Crippen LogP contribution >= 0.6 is 0 Å². The van der Waals surface area contributed by atoms with Gasteiger partial charge < -0.3 is 14.8 Å². The van der Waals surface area contributed by atoms with E-state index in [-0.39, 0.29) is 17.8 Å². The number of hydrogen-bond donors (Lipinski definition) is 1. The van der Waals surface area contributed by atoms with Crippen molar-refractivity contribution in [1.82, 2.24) is 19.9 Å². The Bertz CT molecular complexity index is 865. The van der Waals surface area contributed by atoms with E-state index in [4.69, 9.17) is 0 Å². The number of fused-ring (bicyclic) bond motifs is 1. The molecule has 2 aromatic heterocycles. The molecule has 1 atom stereocenters. The Kier molecular flexibility index (Phi) is 5.41. The van der Waals surface area contributed by atoms with Crippen LogP contribution in [0.5, 0.6) is 0 Å². The molecule has 2 aromatic rings. The van der Waals surface area contributed by atoms with E-state index in [9.17, 15) is 9.18 Å². The van der Waals surface area contributed by atoms with Crippen LogP contribution in [0.15, 0.2) is 36.3 Å². The van der Waals surface area contributed by atoms with Crippen LogP contribution in [0.4, 0.5) is 10.1 Å². The molecule has 0 saturated carbocycles. The molecule has 1 amide bonds. The highest BCUT2D eigenvalue weighted by Crippen LogP contribution is 2.22. The van der Waals surface area contributed by atoms with Crippen molar-refractivity contribution in [3.63, 3.8) is 0 Å². The number of aromatic nitrogens is 3. The smallest absolute Gasteiger partial charge is 0.271 e. The normalized spacial score (nSPS) is 18.1. The molecule has 6 nitrogen and oxygen atoms in total. The number of halogens is 1. The van der Waals surface area contributed by atoms with Crippen LogP contribution in [0.3, 0.4) is 0 Å². The fraction of sp³-hybridized carbons (Fsp3) is 0.476. The van der Waals surface area contributed by atoms with E-state index in [1.807, 2.05) is 22.6 Å². The molecule has 7 heteroatoms. The number of amides is 1. The number of anilines is 1. The lowest BCUT2D eigenvalue weighted by Crippen LogP contribution is -2.34. The maximum Gasteiger partial charge on any atom is 0.271 e. The van der Waals surface area contributed by atoms with Gasteiger partial charge in [0.15, 0.2) is 5.82 Å². The number of allylic oxidation sites excluding steroid dienone is 1. The topological polar surface area (TPSA) is 63.1 Å². The summed E-state index contributed by atoms with van der Waals surface area (Å²) in [5.74, 6) is 0.427. The zero-order valence-corrected chi connectivity index (χ0v) is 16.2.